The van der Waals surface area contributed by atoms with Gasteiger partial charge in [-0.05, 0) is 6.07 Å². The van der Waals surface area contributed by atoms with Crippen molar-refractivity contribution in [2.45, 2.75) is 25.7 Å². The largest absolute Gasteiger partial charge is 0.533 e. The molecule has 1 fully saturated rings. The highest BCUT2D eigenvalue weighted by Crippen LogP contribution is 2.38. The Hall–Kier alpha value is -3.81. The first-order chi connectivity index (χ1) is 13.8. The first-order valence-electron chi connectivity index (χ1n) is 8.41. The fourth-order valence-electron chi connectivity index (χ4n) is 2.55. The first kappa shape index (κ1) is 21.5. The van der Waals surface area contributed by atoms with E-state index in [4.69, 9.17) is 20.6 Å². The normalized spacial score (nSPS) is 14.2. The van der Waals surface area contributed by atoms with E-state index in [9.17, 15) is 24.5 Å². The van der Waals surface area contributed by atoms with Gasteiger partial charge < -0.3 is 14.2 Å². The summed E-state index contributed by atoms with van der Waals surface area (Å²) in [4.78, 5) is 50.0. The van der Waals surface area contributed by atoms with Crippen LogP contribution in [-0.4, -0.2) is 48.3 Å². The van der Waals surface area contributed by atoms with Crippen LogP contribution in [0.3, 0.4) is 0 Å². The van der Waals surface area contributed by atoms with Crippen LogP contribution in [0.1, 0.15) is 31.2 Å². The van der Waals surface area contributed by atoms with Crippen molar-refractivity contribution in [2.24, 2.45) is 0 Å². The predicted octanol–water partition coefficient (Wildman–Crippen LogP) is 1.94. The van der Waals surface area contributed by atoms with E-state index in [1.54, 1.807) is 6.92 Å². The summed E-state index contributed by atoms with van der Waals surface area (Å²) in [5.74, 6) is 0.610. The van der Waals surface area contributed by atoms with Gasteiger partial charge in [0.15, 0.2) is 11.5 Å². The van der Waals surface area contributed by atoms with Gasteiger partial charge in [-0.2, -0.15) is 0 Å². The number of nitrogens with zero attached hydrogens (tertiary/aromatic N) is 2. The molecule has 1 unspecified atom stereocenters. The second kappa shape index (κ2) is 9.41. The first-order valence-corrected chi connectivity index (χ1v) is 8.41. The van der Waals surface area contributed by atoms with E-state index >= 15 is 0 Å². The number of imide groups is 1. The van der Waals surface area contributed by atoms with E-state index in [1.165, 1.54) is 19.2 Å². The summed E-state index contributed by atoms with van der Waals surface area (Å²) in [5, 5.41) is 11.8. The standard InChI is InChI=1S/C18H18N2O9/c1-4-7-27-15-9-13(20(24)25)12(8-14(15)26-3)11(2)10-28-18(23)29-19-16(21)5-6-17(19)22/h1,8-9,11H,5-7,10H2,2-3H3. The molecular formula is C18H18N2O9. The van der Waals surface area contributed by atoms with Gasteiger partial charge in [0.05, 0.1) is 18.1 Å². The lowest BCUT2D eigenvalue weighted by Gasteiger charge is -2.17. The molecule has 2 amide bonds. The summed E-state index contributed by atoms with van der Waals surface area (Å²) in [7, 11) is 1.36. The Labute approximate surface area is 165 Å². The summed E-state index contributed by atoms with van der Waals surface area (Å²) in [6.45, 7) is 1.15. The second-order valence-corrected chi connectivity index (χ2v) is 5.95. The SMILES string of the molecule is C#CCOc1cc([N+](=O)[O-])c(C(C)COC(=O)ON2C(=O)CCC2=O)cc1OC. The Balaban J connectivity index is 2.12. The van der Waals surface area contributed by atoms with Crippen LogP contribution in [0.15, 0.2) is 12.1 Å². The van der Waals surface area contributed by atoms with E-state index in [-0.39, 0.29) is 48.8 Å². The minimum Gasteiger partial charge on any atom is -0.493 e. The zero-order chi connectivity index (χ0) is 21.6. The molecular weight excluding hydrogens is 388 g/mol. The Morgan fingerprint density at radius 3 is 2.52 bits per heavy atom. The van der Waals surface area contributed by atoms with Crippen molar-refractivity contribution < 1.29 is 38.4 Å². The van der Waals surface area contributed by atoms with E-state index in [1.807, 2.05) is 0 Å². The Bertz CT molecular complexity index is 859. The van der Waals surface area contributed by atoms with Gasteiger partial charge >= 0.3 is 6.16 Å². The molecule has 1 saturated heterocycles. The molecule has 11 nitrogen and oxygen atoms in total. The van der Waals surface area contributed by atoms with Crippen molar-refractivity contribution in [3.8, 4) is 23.8 Å². The second-order valence-electron chi connectivity index (χ2n) is 5.95. The Morgan fingerprint density at radius 1 is 1.31 bits per heavy atom. The maximum absolute atomic E-state index is 11.8. The Kier molecular flexibility index (Phi) is 6.97. The van der Waals surface area contributed by atoms with E-state index < -0.39 is 28.8 Å². The number of hydroxylamine groups is 2. The molecule has 0 spiro atoms. The molecule has 0 aliphatic carbocycles. The average Bonchev–Trinajstić information content (AvgIpc) is 3.01. The monoisotopic (exact) mass is 406 g/mol. The van der Waals surface area contributed by atoms with Gasteiger partial charge in [0.2, 0.25) is 0 Å². The van der Waals surface area contributed by atoms with E-state index in [0.717, 1.165) is 0 Å². The number of hydrogen-bond acceptors (Lipinski definition) is 9. The topological polar surface area (TPSA) is 135 Å². The van der Waals surface area contributed by atoms with Crippen molar-refractivity contribution in [3.63, 3.8) is 0 Å². The Morgan fingerprint density at radius 2 is 1.97 bits per heavy atom. The maximum Gasteiger partial charge on any atom is 0.533 e. The number of carbonyl (C=O) groups excluding carboxylic acids is 3. The highest BCUT2D eigenvalue weighted by molar-refractivity contribution is 6.01. The van der Waals surface area contributed by atoms with Crippen molar-refractivity contribution in [1.29, 1.82) is 0 Å². The van der Waals surface area contributed by atoms with Crippen LogP contribution in [0, 0.1) is 22.5 Å². The van der Waals surface area contributed by atoms with Gasteiger partial charge in [-0.25, -0.2) is 4.79 Å². The highest BCUT2D eigenvalue weighted by Gasteiger charge is 2.33. The molecule has 1 atom stereocenters. The number of nitro groups is 1. The number of rotatable bonds is 8. The third-order valence-corrected chi connectivity index (χ3v) is 3.97. The van der Waals surface area contributed by atoms with Gasteiger partial charge in [0, 0.05) is 24.3 Å². The molecule has 0 bridgehead atoms. The van der Waals surface area contributed by atoms with Crippen LogP contribution in [-0.2, 0) is 19.2 Å². The number of hydrogen-bond donors (Lipinski definition) is 0. The van der Waals surface area contributed by atoms with Crippen LogP contribution in [0.2, 0.25) is 0 Å². The van der Waals surface area contributed by atoms with Crippen LogP contribution in [0.25, 0.3) is 0 Å². The van der Waals surface area contributed by atoms with Gasteiger partial charge in [-0.3, -0.25) is 24.5 Å². The molecule has 0 N–H and O–H groups in total. The van der Waals surface area contributed by atoms with Gasteiger partial charge in [-0.1, -0.05) is 17.9 Å². The summed E-state index contributed by atoms with van der Waals surface area (Å²) < 4.78 is 15.3. The molecule has 1 aromatic rings. The minimum absolute atomic E-state index is 0.0530. The third-order valence-electron chi connectivity index (χ3n) is 3.97. The van der Waals surface area contributed by atoms with Gasteiger partial charge in [0.1, 0.15) is 13.2 Å². The fraction of sp³-hybridized carbons (Fsp3) is 0.389. The number of carbonyl (C=O) groups is 3. The smallest absolute Gasteiger partial charge is 0.493 e. The van der Waals surface area contributed by atoms with Crippen LogP contribution < -0.4 is 9.47 Å². The number of amides is 2. The third kappa shape index (κ3) is 5.13. The summed E-state index contributed by atoms with van der Waals surface area (Å²) in [6, 6.07) is 2.55. The average molecular weight is 406 g/mol. The van der Waals surface area contributed by atoms with Crippen molar-refractivity contribution in [2.75, 3.05) is 20.3 Å². The summed E-state index contributed by atoms with van der Waals surface area (Å²) in [5.41, 5.74) is -0.0757. The minimum atomic E-state index is -1.27. The summed E-state index contributed by atoms with van der Waals surface area (Å²) in [6.07, 6.45) is 3.75. The van der Waals surface area contributed by atoms with Gasteiger partial charge in [0.25, 0.3) is 17.5 Å². The van der Waals surface area contributed by atoms with E-state index in [0.29, 0.717) is 5.06 Å². The predicted molar refractivity (Wildman–Crippen MR) is 95.9 cm³/mol. The van der Waals surface area contributed by atoms with Crippen LogP contribution in [0.4, 0.5) is 10.5 Å². The molecule has 0 aromatic heterocycles. The highest BCUT2D eigenvalue weighted by atomic mass is 16.8. The van der Waals surface area contributed by atoms with Gasteiger partial charge in [-0.15, -0.1) is 6.42 Å². The van der Waals surface area contributed by atoms with Crippen molar-refractivity contribution in [1.82, 2.24) is 5.06 Å². The quantitative estimate of drug-likeness (QED) is 0.209. The fourth-order valence-corrected chi connectivity index (χ4v) is 2.55. The lowest BCUT2D eigenvalue weighted by Crippen LogP contribution is -2.32. The number of benzene rings is 1. The number of methoxy groups -OCH3 is 1. The number of nitro benzene ring substituents is 1. The van der Waals surface area contributed by atoms with Crippen LogP contribution in [0.5, 0.6) is 11.5 Å². The van der Waals surface area contributed by atoms with E-state index in [2.05, 4.69) is 10.8 Å². The molecule has 1 aromatic carbocycles. The lowest BCUT2D eigenvalue weighted by atomic mass is 9.99. The molecule has 1 aliphatic heterocycles. The van der Waals surface area contributed by atoms with Crippen molar-refractivity contribution in [3.05, 3.63) is 27.8 Å². The lowest BCUT2D eigenvalue weighted by molar-refractivity contribution is -0.385. The number of terminal acetylenes is 1. The molecule has 2 rings (SSSR count). The molecule has 0 radical (unpaired) electrons. The molecule has 0 saturated carbocycles. The molecule has 11 heteroatoms. The summed E-state index contributed by atoms with van der Waals surface area (Å²) >= 11 is 0. The zero-order valence-electron chi connectivity index (χ0n) is 15.7. The molecule has 1 heterocycles. The molecule has 154 valence electrons. The van der Waals surface area contributed by atoms with Crippen molar-refractivity contribution >= 4 is 23.7 Å². The molecule has 29 heavy (non-hydrogen) atoms. The molecule has 1 aliphatic rings. The number of ether oxygens (including phenoxy) is 3. The van der Waals surface area contributed by atoms with Crippen LogP contribution >= 0.6 is 0 Å². The maximum atomic E-state index is 11.8. The zero-order valence-corrected chi connectivity index (χ0v) is 15.7.